The lowest BCUT2D eigenvalue weighted by atomic mass is 9.72. The lowest BCUT2D eigenvalue weighted by Crippen LogP contribution is -2.51. The maximum atomic E-state index is 12.2. The highest BCUT2D eigenvalue weighted by Gasteiger charge is 2.40. The highest BCUT2D eigenvalue weighted by molar-refractivity contribution is 7.13. The van der Waals surface area contributed by atoms with E-state index in [1.54, 1.807) is 18.4 Å². The van der Waals surface area contributed by atoms with Crippen molar-refractivity contribution in [2.24, 2.45) is 5.41 Å². The van der Waals surface area contributed by atoms with Crippen LogP contribution in [0.2, 0.25) is 0 Å². The molecule has 2 aliphatic heterocycles. The largest absolute Gasteiger partial charge is 0.385 e. The summed E-state index contributed by atoms with van der Waals surface area (Å²) in [7, 11) is 3.63. The van der Waals surface area contributed by atoms with Gasteiger partial charge >= 0.3 is 0 Å². The van der Waals surface area contributed by atoms with Crippen LogP contribution in [0.4, 0.5) is 5.13 Å². The molecule has 0 bridgehead atoms. The van der Waals surface area contributed by atoms with Gasteiger partial charge in [-0.15, -0.1) is 11.3 Å². The number of aromatic nitrogens is 1. The average Bonchev–Trinajstić information content (AvgIpc) is 3.08. The van der Waals surface area contributed by atoms with Crippen LogP contribution in [-0.2, 0) is 16.1 Å². The van der Waals surface area contributed by atoms with Crippen molar-refractivity contribution < 1.29 is 9.53 Å². The summed E-state index contributed by atoms with van der Waals surface area (Å²) in [5.74, 6) is 0.325. The Balaban J connectivity index is 1.50. The number of hydrogen-bond donors (Lipinski definition) is 1. The van der Waals surface area contributed by atoms with Crippen molar-refractivity contribution in [3.8, 4) is 0 Å². The molecule has 7 heteroatoms. The average molecular weight is 367 g/mol. The Morgan fingerprint density at radius 3 is 2.84 bits per heavy atom. The van der Waals surface area contributed by atoms with Crippen LogP contribution in [-0.4, -0.2) is 67.6 Å². The zero-order valence-corrected chi connectivity index (χ0v) is 16.2. The second-order valence-corrected chi connectivity index (χ2v) is 8.19. The molecule has 2 saturated heterocycles. The predicted molar refractivity (Wildman–Crippen MR) is 101 cm³/mol. The lowest BCUT2D eigenvalue weighted by Gasteiger charge is -2.47. The molecule has 6 nitrogen and oxygen atoms in total. The molecule has 25 heavy (non-hydrogen) atoms. The molecule has 0 aliphatic carbocycles. The Labute approximate surface area is 154 Å². The number of nitrogens with zero attached hydrogens (tertiary/aromatic N) is 3. The van der Waals surface area contributed by atoms with Crippen molar-refractivity contribution in [2.75, 3.05) is 52.3 Å². The normalized spacial score (nSPS) is 21.0. The number of methoxy groups -OCH3 is 1. The van der Waals surface area contributed by atoms with Crippen molar-refractivity contribution in [1.29, 1.82) is 0 Å². The molecule has 1 N–H and O–H groups in total. The molecule has 0 unspecified atom stereocenters. The Morgan fingerprint density at radius 2 is 2.16 bits per heavy atom. The number of thiazole rings is 1. The molecular formula is C18H30N4O2S. The predicted octanol–water partition coefficient (Wildman–Crippen LogP) is 2.43. The second kappa shape index (κ2) is 8.47. The quantitative estimate of drug-likeness (QED) is 0.751. The number of anilines is 1. The Hall–Kier alpha value is -1.18. The Kier molecular flexibility index (Phi) is 6.30. The monoisotopic (exact) mass is 366 g/mol. The van der Waals surface area contributed by atoms with Crippen LogP contribution in [0.1, 0.15) is 37.8 Å². The molecule has 0 radical (unpaired) electrons. The van der Waals surface area contributed by atoms with Crippen LogP contribution in [0.5, 0.6) is 0 Å². The number of nitrogens with one attached hydrogen (secondary N) is 1. The summed E-state index contributed by atoms with van der Waals surface area (Å²) in [4.78, 5) is 21.4. The van der Waals surface area contributed by atoms with Crippen LogP contribution < -0.4 is 5.32 Å². The van der Waals surface area contributed by atoms with Gasteiger partial charge in [0.15, 0.2) is 5.13 Å². The summed E-state index contributed by atoms with van der Waals surface area (Å²) in [5.41, 5.74) is 1.49. The SMILES string of the molecule is CNc1nc(CN2CCC3(CCC(=O)N(CCCOC)C3)CC2)cs1. The van der Waals surface area contributed by atoms with Gasteiger partial charge in [-0.3, -0.25) is 9.69 Å². The van der Waals surface area contributed by atoms with Crippen LogP contribution >= 0.6 is 11.3 Å². The van der Waals surface area contributed by atoms with E-state index < -0.39 is 0 Å². The summed E-state index contributed by atoms with van der Waals surface area (Å²) in [6, 6.07) is 0. The minimum absolute atomic E-state index is 0.325. The Morgan fingerprint density at radius 1 is 1.36 bits per heavy atom. The van der Waals surface area contributed by atoms with Gasteiger partial charge in [0.25, 0.3) is 0 Å². The van der Waals surface area contributed by atoms with E-state index in [2.05, 4.69) is 25.5 Å². The zero-order chi connectivity index (χ0) is 17.7. The van der Waals surface area contributed by atoms with E-state index in [9.17, 15) is 4.79 Å². The number of hydrogen-bond acceptors (Lipinski definition) is 6. The topological polar surface area (TPSA) is 57.7 Å². The van der Waals surface area contributed by atoms with E-state index in [1.165, 1.54) is 12.8 Å². The maximum Gasteiger partial charge on any atom is 0.222 e. The number of piperidine rings is 2. The van der Waals surface area contributed by atoms with Crippen molar-refractivity contribution >= 4 is 22.4 Å². The van der Waals surface area contributed by atoms with E-state index in [-0.39, 0.29) is 0 Å². The van der Waals surface area contributed by atoms with Gasteiger partial charge in [0, 0.05) is 52.2 Å². The molecule has 2 aliphatic rings. The highest BCUT2D eigenvalue weighted by atomic mass is 32.1. The first-order valence-electron chi connectivity index (χ1n) is 9.25. The van der Waals surface area contributed by atoms with Gasteiger partial charge in [0.05, 0.1) is 5.69 Å². The van der Waals surface area contributed by atoms with Gasteiger partial charge in [-0.05, 0) is 44.2 Å². The zero-order valence-electron chi connectivity index (χ0n) is 15.4. The molecule has 1 spiro atoms. The van der Waals surface area contributed by atoms with Crippen LogP contribution in [0.25, 0.3) is 0 Å². The van der Waals surface area contributed by atoms with Crippen molar-refractivity contribution in [3.05, 3.63) is 11.1 Å². The minimum Gasteiger partial charge on any atom is -0.385 e. The van der Waals surface area contributed by atoms with E-state index in [0.717, 1.165) is 63.0 Å². The van der Waals surface area contributed by atoms with E-state index in [1.807, 2.05) is 7.05 Å². The molecule has 0 atom stereocenters. The third-order valence-electron chi connectivity index (χ3n) is 5.59. The molecule has 140 valence electrons. The molecule has 1 amide bonds. The number of carbonyl (C=O) groups excluding carboxylic acids is 1. The molecule has 1 aromatic heterocycles. The fourth-order valence-corrected chi connectivity index (χ4v) is 4.69. The van der Waals surface area contributed by atoms with Crippen LogP contribution in [0, 0.1) is 5.41 Å². The molecule has 3 rings (SSSR count). The van der Waals surface area contributed by atoms with Gasteiger partial charge in [-0.25, -0.2) is 4.98 Å². The molecule has 0 aromatic carbocycles. The first kappa shape index (κ1) is 18.6. The fourth-order valence-electron chi connectivity index (χ4n) is 4.02. The fraction of sp³-hybridized carbons (Fsp3) is 0.778. The van der Waals surface area contributed by atoms with Gasteiger partial charge < -0.3 is 15.0 Å². The van der Waals surface area contributed by atoms with Gasteiger partial charge in [0.2, 0.25) is 5.91 Å². The summed E-state index contributed by atoms with van der Waals surface area (Å²) in [5, 5.41) is 6.24. The van der Waals surface area contributed by atoms with E-state index in [4.69, 9.17) is 4.74 Å². The standard InChI is InChI=1S/C18H30N4O2S/c1-19-17-20-15(13-25-17)12-21-9-6-18(7-10-21)5-4-16(23)22(14-18)8-3-11-24-2/h13H,3-12,14H2,1-2H3,(H,19,20). The van der Waals surface area contributed by atoms with Crippen LogP contribution in [0.15, 0.2) is 5.38 Å². The number of likely N-dealkylation sites (tertiary alicyclic amines) is 2. The smallest absolute Gasteiger partial charge is 0.222 e. The third-order valence-corrected chi connectivity index (χ3v) is 6.50. The summed E-state index contributed by atoms with van der Waals surface area (Å²) in [6.07, 6.45) is 5.07. The number of amides is 1. The summed E-state index contributed by atoms with van der Waals surface area (Å²) < 4.78 is 5.13. The molecule has 0 saturated carbocycles. The van der Waals surface area contributed by atoms with Crippen molar-refractivity contribution in [2.45, 2.75) is 38.6 Å². The maximum absolute atomic E-state index is 12.2. The van der Waals surface area contributed by atoms with Gasteiger partial charge in [0.1, 0.15) is 0 Å². The highest BCUT2D eigenvalue weighted by Crippen LogP contribution is 2.40. The first-order chi connectivity index (χ1) is 12.1. The lowest BCUT2D eigenvalue weighted by molar-refractivity contribution is -0.139. The minimum atomic E-state index is 0.325. The molecular weight excluding hydrogens is 336 g/mol. The van der Waals surface area contributed by atoms with E-state index in [0.29, 0.717) is 17.7 Å². The third kappa shape index (κ3) is 4.71. The van der Waals surface area contributed by atoms with Crippen molar-refractivity contribution in [1.82, 2.24) is 14.8 Å². The summed E-state index contributed by atoms with van der Waals surface area (Å²) >= 11 is 1.67. The Bertz CT molecular complexity index is 569. The first-order valence-corrected chi connectivity index (χ1v) is 10.1. The number of rotatable bonds is 7. The van der Waals surface area contributed by atoms with E-state index >= 15 is 0 Å². The van der Waals surface area contributed by atoms with Gasteiger partial charge in [-0.2, -0.15) is 0 Å². The molecule has 3 heterocycles. The molecule has 1 aromatic rings. The van der Waals surface area contributed by atoms with Crippen molar-refractivity contribution in [3.63, 3.8) is 0 Å². The van der Waals surface area contributed by atoms with Gasteiger partial charge in [-0.1, -0.05) is 0 Å². The van der Waals surface area contributed by atoms with Crippen LogP contribution in [0.3, 0.4) is 0 Å². The summed E-state index contributed by atoms with van der Waals surface area (Å²) in [6.45, 7) is 5.64. The molecule has 2 fully saturated rings. The number of carbonyl (C=O) groups is 1. The second-order valence-electron chi connectivity index (χ2n) is 7.33. The number of ether oxygens (including phenoxy) is 1.